The van der Waals surface area contributed by atoms with E-state index in [9.17, 15) is 4.79 Å². The third kappa shape index (κ3) is 4.43. The van der Waals surface area contributed by atoms with Crippen LogP contribution in [-0.2, 0) is 4.79 Å². The SMILES string of the molecule is CCCNCC(=O)N1CCSC(C)(C)C1. The second-order valence-electron chi connectivity index (χ2n) is 4.60. The number of nitrogens with one attached hydrogen (secondary N) is 1. The van der Waals surface area contributed by atoms with Crippen LogP contribution < -0.4 is 5.32 Å². The summed E-state index contributed by atoms with van der Waals surface area (Å²) >= 11 is 1.96. The van der Waals surface area contributed by atoms with E-state index in [1.807, 2.05) is 16.7 Å². The van der Waals surface area contributed by atoms with E-state index in [4.69, 9.17) is 0 Å². The minimum atomic E-state index is 0.221. The summed E-state index contributed by atoms with van der Waals surface area (Å²) in [7, 11) is 0. The predicted molar refractivity (Wildman–Crippen MR) is 66.3 cm³/mol. The van der Waals surface area contributed by atoms with Gasteiger partial charge in [0, 0.05) is 23.6 Å². The number of hydrogen-bond acceptors (Lipinski definition) is 3. The van der Waals surface area contributed by atoms with Gasteiger partial charge in [-0.15, -0.1) is 0 Å². The molecule has 0 aromatic heterocycles. The van der Waals surface area contributed by atoms with Gasteiger partial charge in [0.15, 0.2) is 0 Å². The molecule has 0 bridgehead atoms. The van der Waals surface area contributed by atoms with Gasteiger partial charge in [-0.25, -0.2) is 0 Å². The standard InChI is InChI=1S/C11H22N2OS/c1-4-5-12-8-10(14)13-6-7-15-11(2,3)9-13/h12H,4-9H2,1-3H3. The monoisotopic (exact) mass is 230 g/mol. The van der Waals surface area contributed by atoms with Crippen LogP contribution in [0.3, 0.4) is 0 Å². The van der Waals surface area contributed by atoms with Crippen LogP contribution in [0.1, 0.15) is 27.2 Å². The highest BCUT2D eigenvalue weighted by Gasteiger charge is 2.29. The molecule has 1 amide bonds. The van der Waals surface area contributed by atoms with Crippen molar-refractivity contribution in [1.82, 2.24) is 10.2 Å². The van der Waals surface area contributed by atoms with Crippen molar-refractivity contribution in [2.24, 2.45) is 0 Å². The number of carbonyl (C=O) groups excluding carboxylic acids is 1. The summed E-state index contributed by atoms with van der Waals surface area (Å²) in [6.45, 7) is 9.72. The summed E-state index contributed by atoms with van der Waals surface area (Å²) in [5.41, 5.74) is 0. The third-order valence-corrected chi connectivity index (χ3v) is 3.78. The second-order valence-corrected chi connectivity index (χ2v) is 6.40. The zero-order valence-corrected chi connectivity index (χ0v) is 10.8. The van der Waals surface area contributed by atoms with E-state index in [-0.39, 0.29) is 10.7 Å². The molecule has 0 spiro atoms. The molecule has 15 heavy (non-hydrogen) atoms. The lowest BCUT2D eigenvalue weighted by Crippen LogP contribution is -2.48. The number of nitrogens with zero attached hydrogens (tertiary/aromatic N) is 1. The minimum absolute atomic E-state index is 0.221. The van der Waals surface area contributed by atoms with Gasteiger partial charge in [0.25, 0.3) is 0 Å². The highest BCUT2D eigenvalue weighted by molar-refractivity contribution is 8.00. The third-order valence-electron chi connectivity index (χ3n) is 2.48. The molecule has 0 saturated carbocycles. The molecular weight excluding hydrogens is 208 g/mol. The molecule has 1 saturated heterocycles. The van der Waals surface area contributed by atoms with Crippen molar-refractivity contribution < 1.29 is 4.79 Å². The van der Waals surface area contributed by atoms with E-state index >= 15 is 0 Å². The maximum Gasteiger partial charge on any atom is 0.236 e. The zero-order chi connectivity index (χ0) is 11.3. The molecule has 0 radical (unpaired) electrons. The van der Waals surface area contributed by atoms with Crippen molar-refractivity contribution in [2.45, 2.75) is 31.9 Å². The summed E-state index contributed by atoms with van der Waals surface area (Å²) < 4.78 is 0.221. The van der Waals surface area contributed by atoms with Gasteiger partial charge in [-0.3, -0.25) is 4.79 Å². The fourth-order valence-electron chi connectivity index (χ4n) is 1.71. The molecule has 0 unspecified atom stereocenters. The van der Waals surface area contributed by atoms with Gasteiger partial charge >= 0.3 is 0 Å². The molecule has 4 heteroatoms. The summed E-state index contributed by atoms with van der Waals surface area (Å²) in [5, 5.41) is 3.16. The Hall–Kier alpha value is -0.220. The van der Waals surface area contributed by atoms with Gasteiger partial charge in [-0.05, 0) is 26.8 Å². The largest absolute Gasteiger partial charge is 0.339 e. The number of amides is 1. The number of rotatable bonds is 4. The van der Waals surface area contributed by atoms with E-state index in [1.165, 1.54) is 0 Å². The van der Waals surface area contributed by atoms with Crippen LogP contribution in [0.2, 0.25) is 0 Å². The number of thioether (sulfide) groups is 1. The van der Waals surface area contributed by atoms with Crippen molar-refractivity contribution in [1.29, 1.82) is 0 Å². The normalized spacial score (nSPS) is 20.3. The van der Waals surface area contributed by atoms with E-state index < -0.39 is 0 Å². The van der Waals surface area contributed by atoms with Crippen LogP contribution in [0.5, 0.6) is 0 Å². The number of carbonyl (C=O) groups is 1. The van der Waals surface area contributed by atoms with Crippen LogP contribution in [0.4, 0.5) is 0 Å². The molecule has 1 heterocycles. The quantitative estimate of drug-likeness (QED) is 0.740. The molecule has 3 nitrogen and oxygen atoms in total. The van der Waals surface area contributed by atoms with Crippen LogP contribution in [0.25, 0.3) is 0 Å². The van der Waals surface area contributed by atoms with Gasteiger partial charge in [0.05, 0.1) is 6.54 Å². The molecule has 1 fully saturated rings. The Morgan fingerprint density at radius 3 is 2.87 bits per heavy atom. The van der Waals surface area contributed by atoms with Crippen LogP contribution >= 0.6 is 11.8 Å². The molecule has 0 atom stereocenters. The van der Waals surface area contributed by atoms with E-state index in [2.05, 4.69) is 26.1 Å². The molecule has 0 aliphatic carbocycles. The average molecular weight is 230 g/mol. The van der Waals surface area contributed by atoms with Gasteiger partial charge < -0.3 is 10.2 Å². The Morgan fingerprint density at radius 2 is 2.27 bits per heavy atom. The molecule has 0 aromatic carbocycles. The molecule has 1 N–H and O–H groups in total. The van der Waals surface area contributed by atoms with E-state index in [0.29, 0.717) is 6.54 Å². The predicted octanol–water partition coefficient (Wildman–Crippen LogP) is 1.34. The van der Waals surface area contributed by atoms with Crippen molar-refractivity contribution in [3.05, 3.63) is 0 Å². The van der Waals surface area contributed by atoms with Crippen LogP contribution in [0, 0.1) is 0 Å². The molecule has 1 rings (SSSR count). The Kier molecular flexibility index (Phi) is 4.93. The number of hydrogen-bond donors (Lipinski definition) is 1. The van der Waals surface area contributed by atoms with E-state index in [1.54, 1.807) is 0 Å². The maximum absolute atomic E-state index is 11.8. The molecular formula is C11H22N2OS. The Balaban J connectivity index is 2.32. The van der Waals surface area contributed by atoms with Gasteiger partial charge in [-0.1, -0.05) is 6.92 Å². The molecule has 0 aromatic rings. The minimum Gasteiger partial charge on any atom is -0.339 e. The molecule has 88 valence electrons. The first kappa shape index (κ1) is 12.8. The van der Waals surface area contributed by atoms with E-state index in [0.717, 1.165) is 31.8 Å². The fourth-order valence-corrected chi connectivity index (χ4v) is 2.82. The van der Waals surface area contributed by atoms with Crippen LogP contribution in [-0.4, -0.2) is 47.5 Å². The lowest BCUT2D eigenvalue weighted by Gasteiger charge is -2.37. The van der Waals surface area contributed by atoms with Crippen molar-refractivity contribution in [2.75, 3.05) is 31.9 Å². The summed E-state index contributed by atoms with van der Waals surface area (Å²) in [5.74, 6) is 1.31. The van der Waals surface area contributed by atoms with Gasteiger partial charge in [0.2, 0.25) is 5.91 Å². The first-order valence-corrected chi connectivity index (χ1v) is 6.66. The summed E-state index contributed by atoms with van der Waals surface area (Å²) in [4.78, 5) is 13.8. The zero-order valence-electron chi connectivity index (χ0n) is 10.0. The lowest BCUT2D eigenvalue weighted by molar-refractivity contribution is -0.130. The molecule has 1 aliphatic heterocycles. The topological polar surface area (TPSA) is 32.3 Å². The van der Waals surface area contributed by atoms with Crippen molar-refractivity contribution in [3.8, 4) is 0 Å². The maximum atomic E-state index is 11.8. The smallest absolute Gasteiger partial charge is 0.236 e. The fraction of sp³-hybridized carbons (Fsp3) is 0.909. The Morgan fingerprint density at radius 1 is 1.53 bits per heavy atom. The Labute approximate surface area is 97.0 Å². The summed E-state index contributed by atoms with van der Waals surface area (Å²) in [6, 6.07) is 0. The highest BCUT2D eigenvalue weighted by atomic mass is 32.2. The average Bonchev–Trinajstić information content (AvgIpc) is 2.16. The lowest BCUT2D eigenvalue weighted by atomic mass is 10.2. The van der Waals surface area contributed by atoms with Crippen molar-refractivity contribution in [3.63, 3.8) is 0 Å². The highest BCUT2D eigenvalue weighted by Crippen LogP contribution is 2.29. The molecule has 1 aliphatic rings. The van der Waals surface area contributed by atoms with Gasteiger partial charge in [0.1, 0.15) is 0 Å². The first-order chi connectivity index (χ1) is 7.05. The summed E-state index contributed by atoms with van der Waals surface area (Å²) in [6.07, 6.45) is 1.08. The Bertz CT molecular complexity index is 219. The van der Waals surface area contributed by atoms with Crippen molar-refractivity contribution >= 4 is 17.7 Å². The van der Waals surface area contributed by atoms with Crippen LogP contribution in [0.15, 0.2) is 0 Å². The van der Waals surface area contributed by atoms with Gasteiger partial charge in [-0.2, -0.15) is 11.8 Å². The second kappa shape index (κ2) is 5.75. The first-order valence-electron chi connectivity index (χ1n) is 5.67.